The molecule has 2 fully saturated rings. The van der Waals surface area contributed by atoms with Gasteiger partial charge in [0.15, 0.2) is 0 Å². The smallest absolute Gasteiger partial charge is 0.295 e. The van der Waals surface area contributed by atoms with Crippen LogP contribution in [0.3, 0.4) is 0 Å². The van der Waals surface area contributed by atoms with Crippen molar-refractivity contribution in [3.8, 4) is 5.75 Å². The number of hydrogen-bond donors (Lipinski definition) is 1. The summed E-state index contributed by atoms with van der Waals surface area (Å²) in [6.45, 7) is 5.86. The van der Waals surface area contributed by atoms with Gasteiger partial charge >= 0.3 is 0 Å². The molecular formula is C26H29N3O7. The molecule has 0 aliphatic carbocycles. The van der Waals surface area contributed by atoms with Crippen molar-refractivity contribution < 1.29 is 34.0 Å². The second kappa shape index (κ2) is 10.9. The van der Waals surface area contributed by atoms with Gasteiger partial charge in [-0.2, -0.15) is 0 Å². The Balaban J connectivity index is 1.74. The lowest BCUT2D eigenvalue weighted by Gasteiger charge is -2.29. The molecule has 2 aromatic rings. The van der Waals surface area contributed by atoms with Crippen LogP contribution in [0.4, 0.5) is 5.69 Å². The number of nitrogens with zero attached hydrogens (tertiary/aromatic N) is 2. The first kappa shape index (κ1) is 25.3. The Morgan fingerprint density at radius 3 is 2.61 bits per heavy atom. The van der Waals surface area contributed by atoms with Crippen LogP contribution in [0.2, 0.25) is 0 Å². The highest BCUT2D eigenvalue weighted by atomic mass is 16.6. The van der Waals surface area contributed by atoms with Crippen LogP contribution in [0.5, 0.6) is 5.75 Å². The van der Waals surface area contributed by atoms with Gasteiger partial charge in [0.2, 0.25) is 5.78 Å². The van der Waals surface area contributed by atoms with E-state index in [1.807, 2.05) is 0 Å². The van der Waals surface area contributed by atoms with Crippen molar-refractivity contribution in [2.75, 3.05) is 46.5 Å². The van der Waals surface area contributed by atoms with E-state index < -0.39 is 28.4 Å². The average molecular weight is 496 g/mol. The summed E-state index contributed by atoms with van der Waals surface area (Å²) in [5, 5.41) is 25.1. The summed E-state index contributed by atoms with van der Waals surface area (Å²) in [5.41, 5.74) is 0.870. The normalized spacial score (nSPS) is 20.1. The minimum Gasteiger partial charge on any atom is -0.872 e. The molecular weight excluding hydrogens is 466 g/mol. The van der Waals surface area contributed by atoms with E-state index in [0.29, 0.717) is 36.5 Å². The summed E-state index contributed by atoms with van der Waals surface area (Å²) in [5.74, 6) is -1.64. The number of quaternary nitrogens is 1. The number of hydrogen-bond acceptors (Lipinski definition) is 7. The number of ether oxygens (including phenoxy) is 2. The summed E-state index contributed by atoms with van der Waals surface area (Å²) >= 11 is 0. The number of methoxy groups -OCH3 is 1. The molecule has 1 N–H and O–H groups in total. The number of non-ortho nitro benzene ring substituents is 1. The van der Waals surface area contributed by atoms with Crippen molar-refractivity contribution in [3.05, 3.63) is 74.8 Å². The molecule has 10 heteroatoms. The standard InChI is InChI=1S/C26H29N3O7/c1-17-15-20(35-2)7-8-21(17)24(30)22-23(18-5-3-6-19(16-18)29(33)34)28(26(32)25(22)31)10-4-9-27-11-13-36-14-12-27/h3,5-8,15-16,23,30H,4,9-14H2,1-2H3. The van der Waals surface area contributed by atoms with Gasteiger partial charge in [0.05, 0.1) is 37.8 Å². The Bertz CT molecular complexity index is 1200. The number of aryl methyl sites for hydroxylation is 1. The molecule has 1 unspecified atom stereocenters. The third kappa shape index (κ3) is 5.09. The quantitative estimate of drug-likeness (QED) is 0.185. The zero-order chi connectivity index (χ0) is 25.8. The van der Waals surface area contributed by atoms with Gasteiger partial charge in [-0.25, -0.2) is 0 Å². The highest BCUT2D eigenvalue weighted by Crippen LogP contribution is 2.40. The minimum absolute atomic E-state index is 0.176. The van der Waals surface area contributed by atoms with Crippen molar-refractivity contribution in [2.45, 2.75) is 19.4 Å². The molecule has 0 radical (unpaired) electrons. The molecule has 2 aliphatic rings. The highest BCUT2D eigenvalue weighted by molar-refractivity contribution is 6.46. The number of nitro benzene ring substituents is 1. The van der Waals surface area contributed by atoms with Gasteiger partial charge in [-0.15, -0.1) is 0 Å². The second-order valence-electron chi connectivity index (χ2n) is 8.97. The maximum Gasteiger partial charge on any atom is 0.295 e. The summed E-state index contributed by atoms with van der Waals surface area (Å²) in [4.78, 5) is 40.0. The van der Waals surface area contributed by atoms with Crippen molar-refractivity contribution in [1.29, 1.82) is 0 Å². The molecule has 1 amide bonds. The predicted octanol–water partition coefficient (Wildman–Crippen LogP) is 0.441. The molecule has 0 spiro atoms. The van der Waals surface area contributed by atoms with Gasteiger partial charge in [-0.1, -0.05) is 24.0 Å². The number of ketones is 1. The predicted molar refractivity (Wildman–Crippen MR) is 128 cm³/mol. The molecule has 2 saturated heterocycles. The van der Waals surface area contributed by atoms with E-state index in [1.54, 1.807) is 31.2 Å². The number of carbonyl (C=O) groups excluding carboxylic acids is 2. The summed E-state index contributed by atoms with van der Waals surface area (Å²) in [6, 6.07) is 9.63. The Hall–Kier alpha value is -3.76. The zero-order valence-electron chi connectivity index (χ0n) is 20.3. The molecule has 0 saturated carbocycles. The fourth-order valence-electron chi connectivity index (χ4n) is 4.83. The molecule has 1 atom stereocenters. The van der Waals surface area contributed by atoms with Gasteiger partial charge < -0.3 is 24.4 Å². The fourth-order valence-corrected chi connectivity index (χ4v) is 4.83. The van der Waals surface area contributed by atoms with E-state index >= 15 is 0 Å². The SMILES string of the molecule is COc1ccc(C([O-])=C2C(=O)C(=O)N(CCC[NH+]3CCOCC3)C2c2cccc([N+](=O)[O-])c2)c(C)c1. The third-order valence-corrected chi connectivity index (χ3v) is 6.73. The molecule has 10 nitrogen and oxygen atoms in total. The van der Waals surface area contributed by atoms with Gasteiger partial charge in [0.1, 0.15) is 18.8 Å². The van der Waals surface area contributed by atoms with E-state index in [1.165, 1.54) is 35.1 Å². The van der Waals surface area contributed by atoms with E-state index in [9.17, 15) is 24.8 Å². The number of Topliss-reactive ketones (excluding diaryl/α,β-unsaturated/α-hetero) is 1. The lowest BCUT2D eigenvalue weighted by molar-refractivity contribution is -0.908. The first-order valence-corrected chi connectivity index (χ1v) is 11.9. The van der Waals surface area contributed by atoms with Crippen molar-refractivity contribution in [1.82, 2.24) is 4.90 Å². The van der Waals surface area contributed by atoms with Crippen LogP contribution in [-0.2, 0) is 14.3 Å². The number of likely N-dealkylation sites (tertiary alicyclic amines) is 1. The Morgan fingerprint density at radius 2 is 1.94 bits per heavy atom. The number of nitrogens with one attached hydrogen (secondary N) is 1. The lowest BCUT2D eigenvalue weighted by atomic mass is 9.93. The number of nitro groups is 1. The van der Waals surface area contributed by atoms with E-state index in [2.05, 4.69) is 0 Å². The number of carbonyl (C=O) groups is 2. The van der Waals surface area contributed by atoms with Crippen molar-refractivity contribution in [3.63, 3.8) is 0 Å². The first-order chi connectivity index (χ1) is 17.3. The van der Waals surface area contributed by atoms with Crippen LogP contribution >= 0.6 is 0 Å². The number of rotatable bonds is 8. The Kier molecular flexibility index (Phi) is 7.66. The van der Waals surface area contributed by atoms with Crippen LogP contribution < -0.4 is 14.7 Å². The van der Waals surface area contributed by atoms with Crippen LogP contribution in [0.25, 0.3) is 5.76 Å². The van der Waals surface area contributed by atoms with E-state index in [4.69, 9.17) is 9.47 Å². The zero-order valence-corrected chi connectivity index (χ0v) is 20.3. The summed E-state index contributed by atoms with van der Waals surface area (Å²) in [6.07, 6.45) is 0.614. The summed E-state index contributed by atoms with van der Waals surface area (Å²) in [7, 11) is 1.51. The van der Waals surface area contributed by atoms with Crippen molar-refractivity contribution in [2.24, 2.45) is 0 Å². The lowest BCUT2D eigenvalue weighted by Crippen LogP contribution is -3.14. The monoisotopic (exact) mass is 495 g/mol. The molecule has 190 valence electrons. The maximum absolute atomic E-state index is 13.7. The molecule has 0 aromatic heterocycles. The molecule has 4 rings (SSSR count). The van der Waals surface area contributed by atoms with Gasteiger partial charge in [-0.05, 0) is 35.7 Å². The van der Waals surface area contributed by atoms with Gasteiger partial charge in [0, 0.05) is 30.7 Å². The first-order valence-electron chi connectivity index (χ1n) is 11.9. The van der Waals surface area contributed by atoms with Crippen LogP contribution in [-0.4, -0.2) is 68.0 Å². The molecule has 2 aromatic carbocycles. The summed E-state index contributed by atoms with van der Waals surface area (Å²) < 4.78 is 10.6. The number of amides is 1. The van der Waals surface area contributed by atoms with E-state index in [-0.39, 0.29) is 23.4 Å². The maximum atomic E-state index is 13.7. The molecule has 36 heavy (non-hydrogen) atoms. The molecule has 0 bridgehead atoms. The topological polar surface area (TPSA) is 126 Å². The minimum atomic E-state index is -1.00. The molecule has 2 heterocycles. The third-order valence-electron chi connectivity index (χ3n) is 6.73. The fraction of sp³-hybridized carbons (Fsp3) is 0.385. The number of benzene rings is 2. The van der Waals surface area contributed by atoms with Crippen LogP contribution in [0.15, 0.2) is 48.0 Å². The molecule has 2 aliphatic heterocycles. The second-order valence-corrected chi connectivity index (χ2v) is 8.97. The van der Waals surface area contributed by atoms with Crippen molar-refractivity contribution >= 4 is 23.1 Å². The van der Waals surface area contributed by atoms with Gasteiger partial charge in [-0.3, -0.25) is 19.7 Å². The van der Waals surface area contributed by atoms with Crippen LogP contribution in [0.1, 0.15) is 29.2 Å². The van der Waals surface area contributed by atoms with Crippen LogP contribution in [0, 0.1) is 17.0 Å². The number of morpholine rings is 1. The van der Waals surface area contributed by atoms with Gasteiger partial charge in [0.25, 0.3) is 11.6 Å². The largest absolute Gasteiger partial charge is 0.872 e. The van der Waals surface area contributed by atoms with E-state index in [0.717, 1.165) is 19.6 Å². The average Bonchev–Trinajstić information content (AvgIpc) is 3.14. The Labute approximate surface area is 208 Å². The highest BCUT2D eigenvalue weighted by Gasteiger charge is 2.44. The Morgan fingerprint density at radius 1 is 1.19 bits per heavy atom.